The molecule has 0 spiro atoms. The average Bonchev–Trinajstić information content (AvgIpc) is 3.32. The topological polar surface area (TPSA) is 70.8 Å². The van der Waals surface area contributed by atoms with Crippen LogP contribution in [0.25, 0.3) is 0 Å². The van der Waals surface area contributed by atoms with Gasteiger partial charge >= 0.3 is 0 Å². The van der Waals surface area contributed by atoms with E-state index in [0.717, 1.165) is 44.0 Å². The molecule has 1 aromatic carbocycles. The number of rotatable bonds is 7. The van der Waals surface area contributed by atoms with Gasteiger partial charge in [-0.15, -0.1) is 0 Å². The van der Waals surface area contributed by atoms with Gasteiger partial charge in [-0.1, -0.05) is 0 Å². The Morgan fingerprint density at radius 2 is 1.96 bits per heavy atom. The van der Waals surface area contributed by atoms with Crippen LogP contribution in [0, 0.1) is 5.92 Å². The zero-order valence-corrected chi connectivity index (χ0v) is 15.5. The predicted molar refractivity (Wildman–Crippen MR) is 103 cm³/mol. The van der Waals surface area contributed by atoms with Gasteiger partial charge in [-0.25, -0.2) is 0 Å². The van der Waals surface area contributed by atoms with Crippen molar-refractivity contribution in [3.8, 4) is 5.75 Å². The van der Waals surface area contributed by atoms with E-state index in [2.05, 4.69) is 15.1 Å². The Kier molecular flexibility index (Phi) is 5.31. The lowest BCUT2D eigenvalue weighted by Crippen LogP contribution is -2.47. The normalized spacial score (nSPS) is 20.6. The van der Waals surface area contributed by atoms with Crippen LogP contribution in [0.2, 0.25) is 0 Å². The summed E-state index contributed by atoms with van der Waals surface area (Å²) in [6.07, 6.45) is 4.61. The number of nitrogens with zero attached hydrogens (tertiary/aromatic N) is 2. The SMILES string of the molecule is Nc1ccc(C(=O)NCCCN2CCN(CC3CC3)CC2)c2c1OCC2. The van der Waals surface area contributed by atoms with E-state index in [0.29, 0.717) is 30.2 Å². The van der Waals surface area contributed by atoms with Crippen LogP contribution in [0.4, 0.5) is 5.69 Å². The monoisotopic (exact) mass is 358 g/mol. The molecule has 1 saturated heterocycles. The smallest absolute Gasteiger partial charge is 0.251 e. The van der Waals surface area contributed by atoms with E-state index in [1.165, 1.54) is 32.5 Å². The third-order valence-electron chi connectivity index (χ3n) is 5.75. The van der Waals surface area contributed by atoms with E-state index >= 15 is 0 Å². The summed E-state index contributed by atoms with van der Waals surface area (Å²) in [5.41, 5.74) is 8.20. The molecule has 2 aliphatic heterocycles. The predicted octanol–water partition coefficient (Wildman–Crippen LogP) is 1.35. The van der Waals surface area contributed by atoms with E-state index in [9.17, 15) is 4.79 Å². The molecule has 3 aliphatic rings. The highest BCUT2D eigenvalue weighted by atomic mass is 16.5. The quantitative estimate of drug-likeness (QED) is 0.569. The van der Waals surface area contributed by atoms with Crippen molar-refractivity contribution < 1.29 is 9.53 Å². The summed E-state index contributed by atoms with van der Waals surface area (Å²) in [7, 11) is 0. The fourth-order valence-electron chi connectivity index (χ4n) is 3.99. The van der Waals surface area contributed by atoms with Crippen molar-refractivity contribution in [3.63, 3.8) is 0 Å². The number of hydrogen-bond acceptors (Lipinski definition) is 5. The standard InChI is InChI=1S/C20H30N4O2/c21-18-5-4-17(16-6-13-26-19(16)18)20(25)22-7-1-8-23-9-11-24(12-10-23)14-15-2-3-15/h4-5,15H,1-3,6-14,21H2,(H,22,25). The Labute approximate surface area is 155 Å². The summed E-state index contributed by atoms with van der Waals surface area (Å²) in [6.45, 7) is 8.38. The minimum Gasteiger partial charge on any atom is -0.491 e. The molecule has 4 rings (SSSR count). The molecule has 0 atom stereocenters. The first kappa shape index (κ1) is 17.6. The summed E-state index contributed by atoms with van der Waals surface area (Å²) in [5.74, 6) is 1.67. The highest BCUT2D eigenvalue weighted by Crippen LogP contribution is 2.34. The number of piperazine rings is 1. The van der Waals surface area contributed by atoms with Gasteiger partial charge in [0.2, 0.25) is 0 Å². The molecule has 0 aromatic heterocycles. The maximum absolute atomic E-state index is 12.5. The second-order valence-electron chi connectivity index (χ2n) is 7.80. The maximum Gasteiger partial charge on any atom is 0.251 e. The Morgan fingerprint density at radius 1 is 1.19 bits per heavy atom. The number of anilines is 1. The molecule has 0 bridgehead atoms. The van der Waals surface area contributed by atoms with Crippen LogP contribution >= 0.6 is 0 Å². The number of amides is 1. The summed E-state index contributed by atoms with van der Waals surface area (Å²) in [6, 6.07) is 3.58. The number of carbonyl (C=O) groups is 1. The highest BCUT2D eigenvalue weighted by Gasteiger charge is 2.26. The molecule has 6 heteroatoms. The Bertz CT molecular complexity index is 651. The fourth-order valence-corrected chi connectivity index (χ4v) is 3.99. The van der Waals surface area contributed by atoms with Gasteiger partial charge in [0, 0.05) is 56.8 Å². The molecular formula is C20H30N4O2. The summed E-state index contributed by atoms with van der Waals surface area (Å²) >= 11 is 0. The maximum atomic E-state index is 12.5. The Balaban J connectivity index is 1.17. The number of benzene rings is 1. The number of nitrogens with two attached hydrogens (primary N) is 1. The largest absolute Gasteiger partial charge is 0.491 e. The summed E-state index contributed by atoms with van der Waals surface area (Å²) < 4.78 is 5.55. The average molecular weight is 358 g/mol. The van der Waals surface area contributed by atoms with Gasteiger partial charge in [0.15, 0.2) is 0 Å². The lowest BCUT2D eigenvalue weighted by atomic mass is 10.0. The second kappa shape index (κ2) is 7.84. The fraction of sp³-hybridized carbons (Fsp3) is 0.650. The first-order valence-electron chi connectivity index (χ1n) is 9.98. The number of carbonyl (C=O) groups excluding carboxylic acids is 1. The second-order valence-corrected chi connectivity index (χ2v) is 7.80. The third kappa shape index (κ3) is 4.13. The van der Waals surface area contributed by atoms with Gasteiger partial charge in [-0.2, -0.15) is 0 Å². The van der Waals surface area contributed by atoms with E-state index in [-0.39, 0.29) is 5.91 Å². The van der Waals surface area contributed by atoms with E-state index in [1.807, 2.05) is 6.07 Å². The first-order chi connectivity index (χ1) is 12.7. The molecule has 1 aliphatic carbocycles. The van der Waals surface area contributed by atoms with Crippen molar-refractivity contribution in [2.75, 3.05) is 58.2 Å². The van der Waals surface area contributed by atoms with E-state index < -0.39 is 0 Å². The molecule has 0 unspecified atom stereocenters. The number of fused-ring (bicyclic) bond motifs is 1. The van der Waals surface area contributed by atoms with Crippen molar-refractivity contribution >= 4 is 11.6 Å². The molecular weight excluding hydrogens is 328 g/mol. The van der Waals surface area contributed by atoms with Crippen LogP contribution in [-0.2, 0) is 6.42 Å². The van der Waals surface area contributed by atoms with Crippen LogP contribution < -0.4 is 15.8 Å². The summed E-state index contributed by atoms with van der Waals surface area (Å²) in [4.78, 5) is 17.6. The van der Waals surface area contributed by atoms with E-state index in [4.69, 9.17) is 10.5 Å². The molecule has 0 radical (unpaired) electrons. The molecule has 1 amide bonds. The zero-order valence-electron chi connectivity index (χ0n) is 15.5. The molecule has 2 fully saturated rings. The van der Waals surface area contributed by atoms with Crippen LogP contribution in [-0.4, -0.2) is 68.1 Å². The Hall–Kier alpha value is -1.79. The molecule has 1 saturated carbocycles. The van der Waals surface area contributed by atoms with Crippen molar-refractivity contribution in [1.82, 2.24) is 15.1 Å². The van der Waals surface area contributed by atoms with Gasteiger partial charge in [0.05, 0.1) is 12.3 Å². The molecule has 26 heavy (non-hydrogen) atoms. The first-order valence-corrected chi connectivity index (χ1v) is 9.98. The summed E-state index contributed by atoms with van der Waals surface area (Å²) in [5, 5.41) is 3.06. The minimum atomic E-state index is -0.0130. The molecule has 3 N–H and O–H groups in total. The molecule has 1 aromatic rings. The molecule has 142 valence electrons. The Morgan fingerprint density at radius 3 is 2.73 bits per heavy atom. The van der Waals surface area contributed by atoms with Crippen molar-refractivity contribution in [1.29, 1.82) is 0 Å². The van der Waals surface area contributed by atoms with Crippen LogP contribution in [0.15, 0.2) is 12.1 Å². The van der Waals surface area contributed by atoms with Crippen molar-refractivity contribution in [2.45, 2.75) is 25.7 Å². The van der Waals surface area contributed by atoms with Crippen molar-refractivity contribution in [3.05, 3.63) is 23.3 Å². The van der Waals surface area contributed by atoms with Gasteiger partial charge < -0.3 is 25.6 Å². The number of hydrogen-bond donors (Lipinski definition) is 2. The van der Waals surface area contributed by atoms with Crippen LogP contribution in [0.3, 0.4) is 0 Å². The minimum absolute atomic E-state index is 0.0130. The molecule has 2 heterocycles. The molecule has 6 nitrogen and oxygen atoms in total. The van der Waals surface area contributed by atoms with Crippen LogP contribution in [0.5, 0.6) is 5.75 Å². The lowest BCUT2D eigenvalue weighted by Gasteiger charge is -2.34. The zero-order chi connectivity index (χ0) is 17.9. The lowest BCUT2D eigenvalue weighted by molar-refractivity contribution is 0.0946. The van der Waals surface area contributed by atoms with Crippen LogP contribution in [0.1, 0.15) is 35.2 Å². The van der Waals surface area contributed by atoms with E-state index in [1.54, 1.807) is 6.07 Å². The third-order valence-corrected chi connectivity index (χ3v) is 5.75. The van der Waals surface area contributed by atoms with Gasteiger partial charge in [0.1, 0.15) is 5.75 Å². The highest BCUT2D eigenvalue weighted by molar-refractivity contribution is 5.97. The van der Waals surface area contributed by atoms with Gasteiger partial charge in [-0.3, -0.25) is 4.79 Å². The van der Waals surface area contributed by atoms with Gasteiger partial charge in [-0.05, 0) is 43.9 Å². The van der Waals surface area contributed by atoms with Gasteiger partial charge in [0.25, 0.3) is 5.91 Å². The number of nitrogens with one attached hydrogen (secondary N) is 1. The number of ether oxygens (including phenoxy) is 1. The van der Waals surface area contributed by atoms with Crippen molar-refractivity contribution in [2.24, 2.45) is 5.92 Å². The number of nitrogen functional groups attached to an aromatic ring is 1.